The van der Waals surface area contributed by atoms with Crippen molar-refractivity contribution in [1.82, 2.24) is 4.90 Å². The van der Waals surface area contributed by atoms with Crippen molar-refractivity contribution in [2.45, 2.75) is 38.6 Å². The van der Waals surface area contributed by atoms with Crippen LogP contribution in [-0.4, -0.2) is 43.7 Å². The lowest BCUT2D eigenvalue weighted by Crippen LogP contribution is -2.33. The highest BCUT2D eigenvalue weighted by Crippen LogP contribution is 2.38. The SMILES string of the molecule is CCCCOc1ccc(C(=O)N2CC3CCC(N)C3C2)cc1OC. The van der Waals surface area contributed by atoms with Crippen LogP contribution in [0.25, 0.3) is 0 Å². The minimum atomic E-state index is 0.0648. The van der Waals surface area contributed by atoms with Gasteiger partial charge in [-0.15, -0.1) is 0 Å². The van der Waals surface area contributed by atoms with Gasteiger partial charge in [0, 0.05) is 24.7 Å². The number of methoxy groups -OCH3 is 1. The molecule has 5 heteroatoms. The standard InChI is InChI=1S/C19H28N2O3/c1-3-4-9-24-17-8-6-13(10-18(17)23-2)19(22)21-11-14-5-7-16(20)15(14)12-21/h6,8,10,14-16H,3-5,7,9,11-12,20H2,1-2H3. The Kier molecular flexibility index (Phi) is 5.29. The molecule has 0 aromatic heterocycles. The van der Waals surface area contributed by atoms with Crippen LogP contribution in [0.15, 0.2) is 18.2 Å². The van der Waals surface area contributed by atoms with E-state index in [4.69, 9.17) is 15.2 Å². The quantitative estimate of drug-likeness (QED) is 0.814. The molecule has 1 saturated carbocycles. The number of rotatable bonds is 6. The zero-order chi connectivity index (χ0) is 17.1. The van der Waals surface area contributed by atoms with E-state index in [-0.39, 0.29) is 11.9 Å². The summed E-state index contributed by atoms with van der Waals surface area (Å²) in [5.74, 6) is 2.42. The topological polar surface area (TPSA) is 64.8 Å². The lowest BCUT2D eigenvalue weighted by Gasteiger charge is -2.19. The Balaban J connectivity index is 1.69. The van der Waals surface area contributed by atoms with E-state index in [0.29, 0.717) is 35.5 Å². The second-order valence-electron chi connectivity index (χ2n) is 6.94. The van der Waals surface area contributed by atoms with Crippen molar-refractivity contribution in [3.63, 3.8) is 0 Å². The van der Waals surface area contributed by atoms with Gasteiger partial charge in [0.05, 0.1) is 13.7 Å². The van der Waals surface area contributed by atoms with Gasteiger partial charge in [-0.05, 0) is 49.3 Å². The first-order chi connectivity index (χ1) is 11.6. The minimum absolute atomic E-state index is 0.0648. The second kappa shape index (κ2) is 7.43. The van der Waals surface area contributed by atoms with Crippen LogP contribution in [0.4, 0.5) is 0 Å². The van der Waals surface area contributed by atoms with Crippen molar-refractivity contribution in [3.05, 3.63) is 23.8 Å². The lowest BCUT2D eigenvalue weighted by atomic mass is 9.98. The molecule has 3 atom stereocenters. The summed E-state index contributed by atoms with van der Waals surface area (Å²) in [6.45, 7) is 4.39. The molecule has 1 aromatic rings. The molecule has 1 heterocycles. The highest BCUT2D eigenvalue weighted by molar-refractivity contribution is 5.95. The highest BCUT2D eigenvalue weighted by atomic mass is 16.5. The Morgan fingerprint density at radius 2 is 2.12 bits per heavy atom. The summed E-state index contributed by atoms with van der Waals surface area (Å²) in [6.07, 6.45) is 4.32. The number of carbonyl (C=O) groups excluding carboxylic acids is 1. The van der Waals surface area contributed by atoms with Crippen LogP contribution < -0.4 is 15.2 Å². The fraction of sp³-hybridized carbons (Fsp3) is 0.632. The van der Waals surface area contributed by atoms with E-state index < -0.39 is 0 Å². The molecule has 0 radical (unpaired) electrons. The number of benzene rings is 1. The smallest absolute Gasteiger partial charge is 0.254 e. The summed E-state index contributed by atoms with van der Waals surface area (Å²) >= 11 is 0. The Morgan fingerprint density at radius 3 is 2.83 bits per heavy atom. The van der Waals surface area contributed by atoms with Crippen LogP contribution in [0, 0.1) is 11.8 Å². The molecule has 2 N–H and O–H groups in total. The molecular formula is C19H28N2O3. The zero-order valence-electron chi connectivity index (χ0n) is 14.7. The number of nitrogens with zero attached hydrogens (tertiary/aromatic N) is 1. The van der Waals surface area contributed by atoms with Gasteiger partial charge in [-0.2, -0.15) is 0 Å². The molecule has 3 rings (SSSR count). The average Bonchev–Trinajstić information content (AvgIpc) is 3.17. The predicted molar refractivity (Wildman–Crippen MR) is 93.5 cm³/mol. The first-order valence-corrected chi connectivity index (χ1v) is 8.99. The van der Waals surface area contributed by atoms with Gasteiger partial charge in [-0.25, -0.2) is 0 Å². The number of hydrogen-bond donors (Lipinski definition) is 1. The van der Waals surface area contributed by atoms with Gasteiger partial charge in [-0.3, -0.25) is 4.79 Å². The third kappa shape index (κ3) is 3.36. The van der Waals surface area contributed by atoms with E-state index in [9.17, 15) is 4.79 Å². The van der Waals surface area contributed by atoms with Gasteiger partial charge in [0.2, 0.25) is 0 Å². The Morgan fingerprint density at radius 1 is 1.29 bits per heavy atom. The Labute approximate surface area is 144 Å². The summed E-state index contributed by atoms with van der Waals surface area (Å²) in [7, 11) is 1.61. The van der Waals surface area contributed by atoms with Gasteiger partial charge in [-0.1, -0.05) is 13.3 Å². The van der Waals surface area contributed by atoms with E-state index in [1.54, 1.807) is 13.2 Å². The lowest BCUT2D eigenvalue weighted by molar-refractivity contribution is 0.0779. The summed E-state index contributed by atoms with van der Waals surface area (Å²) in [5, 5.41) is 0. The summed E-state index contributed by atoms with van der Waals surface area (Å²) in [4.78, 5) is 14.8. The molecule has 5 nitrogen and oxygen atoms in total. The van der Waals surface area contributed by atoms with Crippen LogP contribution >= 0.6 is 0 Å². The molecule has 1 aromatic carbocycles. The predicted octanol–water partition coefficient (Wildman–Crippen LogP) is 2.68. The van der Waals surface area contributed by atoms with Gasteiger partial charge in [0.25, 0.3) is 5.91 Å². The number of amides is 1. The molecular weight excluding hydrogens is 304 g/mol. The van der Waals surface area contributed by atoms with E-state index in [1.807, 2.05) is 17.0 Å². The van der Waals surface area contributed by atoms with Gasteiger partial charge >= 0.3 is 0 Å². The molecule has 0 bridgehead atoms. The first-order valence-electron chi connectivity index (χ1n) is 8.99. The Hall–Kier alpha value is -1.75. The maximum Gasteiger partial charge on any atom is 0.254 e. The number of fused-ring (bicyclic) bond motifs is 1. The third-order valence-electron chi connectivity index (χ3n) is 5.37. The third-order valence-corrected chi connectivity index (χ3v) is 5.37. The molecule has 2 aliphatic rings. The van der Waals surface area contributed by atoms with Crippen molar-refractivity contribution < 1.29 is 14.3 Å². The molecule has 24 heavy (non-hydrogen) atoms. The number of ether oxygens (including phenoxy) is 2. The van der Waals surface area contributed by atoms with Crippen molar-refractivity contribution in [3.8, 4) is 11.5 Å². The van der Waals surface area contributed by atoms with Crippen molar-refractivity contribution in [1.29, 1.82) is 0 Å². The molecule has 0 spiro atoms. The van der Waals surface area contributed by atoms with Crippen LogP contribution in [0.2, 0.25) is 0 Å². The maximum absolute atomic E-state index is 12.8. The zero-order valence-corrected chi connectivity index (χ0v) is 14.7. The van der Waals surface area contributed by atoms with Gasteiger partial charge < -0.3 is 20.1 Å². The van der Waals surface area contributed by atoms with Crippen molar-refractivity contribution >= 4 is 5.91 Å². The monoisotopic (exact) mass is 332 g/mol. The molecule has 3 unspecified atom stereocenters. The first kappa shape index (κ1) is 17.1. The average molecular weight is 332 g/mol. The number of unbranched alkanes of at least 4 members (excludes halogenated alkanes) is 1. The van der Waals surface area contributed by atoms with Crippen molar-refractivity contribution in [2.75, 3.05) is 26.8 Å². The molecule has 132 valence electrons. The summed E-state index contributed by atoms with van der Waals surface area (Å²) < 4.78 is 11.1. The number of hydrogen-bond acceptors (Lipinski definition) is 4. The number of carbonyl (C=O) groups is 1. The van der Waals surface area contributed by atoms with Crippen molar-refractivity contribution in [2.24, 2.45) is 17.6 Å². The maximum atomic E-state index is 12.8. The highest BCUT2D eigenvalue weighted by Gasteiger charge is 2.42. The number of likely N-dealkylation sites (tertiary alicyclic amines) is 1. The summed E-state index contributed by atoms with van der Waals surface area (Å²) in [6, 6.07) is 5.71. The van der Waals surface area contributed by atoms with Gasteiger partial charge in [0.1, 0.15) is 0 Å². The van der Waals surface area contributed by atoms with E-state index in [0.717, 1.165) is 38.8 Å². The number of nitrogens with two attached hydrogens (primary N) is 1. The normalized spacial score (nSPS) is 25.6. The van der Waals surface area contributed by atoms with Crippen LogP contribution in [0.3, 0.4) is 0 Å². The minimum Gasteiger partial charge on any atom is -0.493 e. The van der Waals surface area contributed by atoms with Gasteiger partial charge in [0.15, 0.2) is 11.5 Å². The molecule has 1 saturated heterocycles. The fourth-order valence-electron chi connectivity index (χ4n) is 3.90. The summed E-state index contributed by atoms with van der Waals surface area (Å²) in [5.41, 5.74) is 6.83. The molecule has 1 amide bonds. The Bertz CT molecular complexity index is 590. The van der Waals surface area contributed by atoms with E-state index in [2.05, 4.69) is 6.92 Å². The second-order valence-corrected chi connectivity index (χ2v) is 6.94. The van der Waals surface area contributed by atoms with Crippen LogP contribution in [0.5, 0.6) is 11.5 Å². The van der Waals surface area contributed by atoms with Crippen LogP contribution in [0.1, 0.15) is 43.0 Å². The molecule has 2 fully saturated rings. The fourth-order valence-corrected chi connectivity index (χ4v) is 3.90. The van der Waals surface area contributed by atoms with E-state index >= 15 is 0 Å². The molecule has 1 aliphatic carbocycles. The molecule has 1 aliphatic heterocycles. The van der Waals surface area contributed by atoms with E-state index in [1.165, 1.54) is 0 Å². The largest absolute Gasteiger partial charge is 0.493 e. The van der Waals surface area contributed by atoms with Crippen LogP contribution in [-0.2, 0) is 0 Å².